The molecule has 1 fully saturated rings. The Balaban J connectivity index is 1.88. The summed E-state index contributed by atoms with van der Waals surface area (Å²) in [5, 5.41) is 11.5. The Labute approximate surface area is 109 Å². The highest BCUT2D eigenvalue weighted by atomic mass is 16.5. The third-order valence-corrected chi connectivity index (χ3v) is 2.83. The lowest BCUT2D eigenvalue weighted by Gasteiger charge is -2.14. The van der Waals surface area contributed by atoms with E-state index < -0.39 is 5.97 Å². The molecule has 0 bridgehead atoms. The van der Waals surface area contributed by atoms with E-state index in [0.29, 0.717) is 32.0 Å². The van der Waals surface area contributed by atoms with Crippen LogP contribution in [0.2, 0.25) is 0 Å². The van der Waals surface area contributed by atoms with Gasteiger partial charge in [-0.1, -0.05) is 0 Å². The van der Waals surface area contributed by atoms with Crippen molar-refractivity contribution in [2.75, 3.05) is 32.0 Å². The maximum Gasteiger partial charge on any atom is 0.337 e. The number of carboxylic acids is 1. The Morgan fingerprint density at radius 2 is 2.32 bits per heavy atom. The van der Waals surface area contributed by atoms with Crippen LogP contribution in [0, 0.1) is 0 Å². The molecule has 1 aromatic rings. The van der Waals surface area contributed by atoms with Crippen molar-refractivity contribution in [1.29, 1.82) is 0 Å². The molecule has 1 heterocycles. The zero-order chi connectivity index (χ0) is 13.8. The third-order valence-electron chi connectivity index (χ3n) is 2.83. The van der Waals surface area contributed by atoms with Crippen molar-refractivity contribution in [3.63, 3.8) is 0 Å². The summed E-state index contributed by atoms with van der Waals surface area (Å²) in [7, 11) is 0. The molecule has 4 N–H and O–H groups in total. The van der Waals surface area contributed by atoms with Gasteiger partial charge in [0.25, 0.3) is 0 Å². The summed E-state index contributed by atoms with van der Waals surface area (Å²) in [5.41, 5.74) is 5.81. The van der Waals surface area contributed by atoms with E-state index in [4.69, 9.17) is 15.6 Å². The van der Waals surface area contributed by atoms with E-state index in [0.717, 1.165) is 0 Å². The van der Waals surface area contributed by atoms with Crippen molar-refractivity contribution in [1.82, 2.24) is 10.2 Å². The molecule has 0 radical (unpaired) electrons. The first-order valence-corrected chi connectivity index (χ1v) is 5.86. The van der Waals surface area contributed by atoms with Crippen molar-refractivity contribution < 1.29 is 19.4 Å². The van der Waals surface area contributed by atoms with Gasteiger partial charge in [-0.15, -0.1) is 0 Å². The van der Waals surface area contributed by atoms with Crippen LogP contribution in [0.15, 0.2) is 18.2 Å². The van der Waals surface area contributed by atoms with E-state index in [1.54, 1.807) is 11.0 Å². The molecule has 1 aromatic carbocycles. The van der Waals surface area contributed by atoms with Crippen molar-refractivity contribution in [2.24, 2.45) is 0 Å². The maximum atomic E-state index is 11.3. The number of hydrogen-bond donors (Lipinski definition) is 3. The Bertz CT molecular complexity index is 504. The second-order valence-electron chi connectivity index (χ2n) is 4.12. The van der Waals surface area contributed by atoms with Gasteiger partial charge in [-0.25, -0.2) is 9.59 Å². The number of carboxylic acid groups (broad SMARTS) is 1. The van der Waals surface area contributed by atoms with Gasteiger partial charge in [0.15, 0.2) is 0 Å². The normalized spacial score (nSPS) is 14.3. The SMILES string of the molecule is Nc1cc(OCCN2CCNC2=O)ccc1C(=O)O. The van der Waals surface area contributed by atoms with Gasteiger partial charge in [0.1, 0.15) is 12.4 Å². The van der Waals surface area contributed by atoms with E-state index in [1.807, 2.05) is 0 Å². The predicted octanol–water partition coefficient (Wildman–Crippen LogP) is 0.371. The van der Waals surface area contributed by atoms with Gasteiger partial charge in [-0.3, -0.25) is 0 Å². The molecule has 2 amide bonds. The topological polar surface area (TPSA) is 105 Å². The van der Waals surface area contributed by atoms with Crippen LogP contribution in [-0.4, -0.2) is 48.2 Å². The van der Waals surface area contributed by atoms with Gasteiger partial charge in [-0.05, 0) is 12.1 Å². The minimum Gasteiger partial charge on any atom is -0.492 e. The molecule has 2 rings (SSSR count). The highest BCUT2D eigenvalue weighted by Gasteiger charge is 2.18. The van der Waals surface area contributed by atoms with Gasteiger partial charge in [0.2, 0.25) is 0 Å². The van der Waals surface area contributed by atoms with E-state index in [1.165, 1.54) is 12.1 Å². The van der Waals surface area contributed by atoms with Crippen LogP contribution < -0.4 is 15.8 Å². The number of nitrogens with zero attached hydrogens (tertiary/aromatic N) is 1. The van der Waals surface area contributed by atoms with Crippen molar-refractivity contribution >= 4 is 17.7 Å². The largest absolute Gasteiger partial charge is 0.492 e. The number of rotatable bonds is 5. The molecule has 0 spiro atoms. The number of benzene rings is 1. The summed E-state index contributed by atoms with van der Waals surface area (Å²) >= 11 is 0. The van der Waals surface area contributed by atoms with Crippen LogP contribution in [0.3, 0.4) is 0 Å². The molecule has 1 saturated heterocycles. The van der Waals surface area contributed by atoms with Crippen LogP contribution in [-0.2, 0) is 0 Å². The fourth-order valence-electron chi connectivity index (χ4n) is 1.82. The smallest absolute Gasteiger partial charge is 0.337 e. The fourth-order valence-corrected chi connectivity index (χ4v) is 1.82. The Morgan fingerprint density at radius 1 is 1.53 bits per heavy atom. The number of aromatic carboxylic acids is 1. The molecule has 1 aliphatic rings. The lowest BCUT2D eigenvalue weighted by Crippen LogP contribution is -2.31. The van der Waals surface area contributed by atoms with Crippen molar-refractivity contribution in [3.05, 3.63) is 23.8 Å². The monoisotopic (exact) mass is 265 g/mol. The van der Waals surface area contributed by atoms with Crippen LogP contribution in [0.4, 0.5) is 10.5 Å². The summed E-state index contributed by atoms with van der Waals surface area (Å²) < 4.78 is 5.44. The first kappa shape index (κ1) is 13.0. The minimum absolute atomic E-state index is 0.0475. The van der Waals surface area contributed by atoms with E-state index in [2.05, 4.69) is 5.32 Å². The van der Waals surface area contributed by atoms with Crippen LogP contribution in [0.5, 0.6) is 5.75 Å². The quantitative estimate of drug-likeness (QED) is 0.667. The zero-order valence-electron chi connectivity index (χ0n) is 10.3. The molecular formula is C12H15N3O4. The summed E-state index contributed by atoms with van der Waals surface area (Å²) in [6.45, 7) is 2.13. The van der Waals surface area contributed by atoms with Gasteiger partial charge in [-0.2, -0.15) is 0 Å². The van der Waals surface area contributed by atoms with Gasteiger partial charge >= 0.3 is 12.0 Å². The Kier molecular flexibility index (Phi) is 3.74. The average Bonchev–Trinajstić information content (AvgIpc) is 2.75. The second kappa shape index (κ2) is 5.47. The van der Waals surface area contributed by atoms with Crippen molar-refractivity contribution in [3.8, 4) is 5.75 Å². The van der Waals surface area contributed by atoms with Gasteiger partial charge < -0.3 is 25.8 Å². The van der Waals surface area contributed by atoms with E-state index in [9.17, 15) is 9.59 Å². The molecule has 0 saturated carbocycles. The number of nitrogens with one attached hydrogen (secondary N) is 1. The number of ether oxygens (including phenoxy) is 1. The molecule has 7 nitrogen and oxygen atoms in total. The molecule has 1 aliphatic heterocycles. The summed E-state index contributed by atoms with van der Waals surface area (Å²) in [4.78, 5) is 23.7. The third kappa shape index (κ3) is 3.06. The Hall–Kier alpha value is -2.44. The molecule has 0 aliphatic carbocycles. The first-order chi connectivity index (χ1) is 9.08. The molecule has 19 heavy (non-hydrogen) atoms. The lowest BCUT2D eigenvalue weighted by atomic mass is 10.2. The number of carbonyl (C=O) groups is 2. The number of nitrogens with two attached hydrogens (primary N) is 1. The van der Waals surface area contributed by atoms with E-state index >= 15 is 0 Å². The van der Waals surface area contributed by atoms with Crippen LogP contribution >= 0.6 is 0 Å². The number of anilines is 1. The second-order valence-corrected chi connectivity index (χ2v) is 4.12. The molecule has 102 valence electrons. The molecule has 0 aromatic heterocycles. The zero-order valence-corrected chi connectivity index (χ0v) is 10.3. The molecule has 7 heteroatoms. The van der Waals surface area contributed by atoms with Crippen molar-refractivity contribution in [2.45, 2.75) is 0 Å². The predicted molar refractivity (Wildman–Crippen MR) is 68.3 cm³/mol. The van der Waals surface area contributed by atoms with Gasteiger partial charge in [0, 0.05) is 24.8 Å². The highest BCUT2D eigenvalue weighted by molar-refractivity contribution is 5.93. The fraction of sp³-hybridized carbons (Fsp3) is 0.333. The lowest BCUT2D eigenvalue weighted by molar-refractivity contribution is 0.0698. The molecule has 0 unspecified atom stereocenters. The molecular weight excluding hydrogens is 250 g/mol. The summed E-state index contributed by atoms with van der Waals surface area (Å²) in [6, 6.07) is 4.32. The van der Waals surface area contributed by atoms with Crippen LogP contribution in [0.1, 0.15) is 10.4 Å². The van der Waals surface area contributed by atoms with Gasteiger partial charge in [0.05, 0.1) is 12.1 Å². The summed E-state index contributed by atoms with van der Waals surface area (Å²) in [6.07, 6.45) is 0. The number of urea groups is 1. The average molecular weight is 265 g/mol. The van der Waals surface area contributed by atoms with E-state index in [-0.39, 0.29) is 17.3 Å². The number of hydrogen-bond acceptors (Lipinski definition) is 4. The minimum atomic E-state index is -1.07. The highest BCUT2D eigenvalue weighted by Crippen LogP contribution is 2.19. The number of nitrogen functional groups attached to an aromatic ring is 1. The standard InChI is InChI=1S/C12H15N3O4/c13-10-7-8(1-2-9(10)11(16)17)19-6-5-15-4-3-14-12(15)18/h1-2,7H,3-6,13H2,(H,14,18)(H,16,17). The number of amides is 2. The Morgan fingerprint density at radius 3 is 2.89 bits per heavy atom. The number of carbonyl (C=O) groups excluding carboxylic acids is 1. The summed E-state index contributed by atoms with van der Waals surface area (Å²) in [5.74, 6) is -0.583. The first-order valence-electron chi connectivity index (χ1n) is 5.86. The van der Waals surface area contributed by atoms with Crippen LogP contribution in [0.25, 0.3) is 0 Å². The maximum absolute atomic E-state index is 11.3. The molecule has 0 atom stereocenters.